The van der Waals surface area contributed by atoms with E-state index in [0.717, 1.165) is 31.9 Å². The van der Waals surface area contributed by atoms with Crippen molar-refractivity contribution in [3.63, 3.8) is 0 Å². The first-order chi connectivity index (χ1) is 7.31. The van der Waals surface area contributed by atoms with E-state index in [2.05, 4.69) is 22.1 Å². The minimum absolute atomic E-state index is 0.596. The highest BCUT2D eigenvalue weighted by Gasteiger charge is 2.24. The molecule has 0 saturated carbocycles. The quantitative estimate of drug-likeness (QED) is 0.849. The number of aromatic nitrogens is 1. The average Bonchev–Trinajstić information content (AvgIpc) is 2.16. The van der Waals surface area contributed by atoms with Crippen molar-refractivity contribution in [1.29, 1.82) is 0 Å². The van der Waals surface area contributed by atoms with E-state index in [1.807, 2.05) is 12.1 Å². The lowest BCUT2D eigenvalue weighted by molar-refractivity contribution is 0.410. The molecule has 0 amide bonds. The minimum Gasteiger partial charge on any atom is -0.351 e. The Labute approximate surface area is 95.4 Å². The molecule has 1 aromatic rings. The Balaban J connectivity index is 2.12. The second-order valence-corrected chi connectivity index (χ2v) is 4.28. The summed E-state index contributed by atoms with van der Waals surface area (Å²) in [4.78, 5) is 6.72. The van der Waals surface area contributed by atoms with Crippen LogP contribution < -0.4 is 10.2 Å². The number of nitrogens with zero attached hydrogens (tertiary/aromatic N) is 2. The molecule has 0 spiro atoms. The maximum Gasteiger partial charge on any atom is 0.128 e. The lowest BCUT2D eigenvalue weighted by atomic mass is 10.1. The number of nitrogens with one attached hydrogen (secondary N) is 1. The van der Waals surface area contributed by atoms with Crippen LogP contribution in [0.3, 0.4) is 0 Å². The molecule has 0 aliphatic carbocycles. The number of pyridine rings is 1. The summed E-state index contributed by atoms with van der Waals surface area (Å²) in [6, 6.07) is 4.49. The van der Waals surface area contributed by atoms with Crippen LogP contribution in [-0.4, -0.2) is 30.7 Å². The Morgan fingerprint density at radius 3 is 2.80 bits per heavy atom. The third kappa shape index (κ3) is 2.41. The summed E-state index contributed by atoms with van der Waals surface area (Å²) < 4.78 is 0. The zero-order chi connectivity index (χ0) is 10.7. The van der Waals surface area contributed by atoms with Crippen molar-refractivity contribution in [2.45, 2.75) is 19.4 Å². The van der Waals surface area contributed by atoms with Gasteiger partial charge in [0.15, 0.2) is 0 Å². The van der Waals surface area contributed by atoms with E-state index < -0.39 is 0 Å². The molecule has 2 heterocycles. The predicted molar refractivity (Wildman–Crippen MR) is 63.5 cm³/mol. The zero-order valence-corrected chi connectivity index (χ0v) is 9.67. The van der Waals surface area contributed by atoms with Gasteiger partial charge in [-0.15, -0.1) is 0 Å². The lowest BCUT2D eigenvalue weighted by Gasteiger charge is -2.39. The van der Waals surface area contributed by atoms with Gasteiger partial charge in [0.2, 0.25) is 0 Å². The van der Waals surface area contributed by atoms with Crippen molar-refractivity contribution in [3.05, 3.63) is 23.4 Å². The number of halogens is 1. The zero-order valence-electron chi connectivity index (χ0n) is 8.91. The molecule has 2 rings (SSSR count). The van der Waals surface area contributed by atoms with E-state index in [0.29, 0.717) is 11.1 Å². The largest absolute Gasteiger partial charge is 0.351 e. The summed E-state index contributed by atoms with van der Waals surface area (Å²) in [7, 11) is 0. The summed E-state index contributed by atoms with van der Waals surface area (Å²) in [5.41, 5.74) is 0. The van der Waals surface area contributed by atoms with Gasteiger partial charge >= 0.3 is 0 Å². The van der Waals surface area contributed by atoms with E-state index in [4.69, 9.17) is 11.6 Å². The van der Waals surface area contributed by atoms with Crippen LogP contribution in [0.2, 0.25) is 5.02 Å². The van der Waals surface area contributed by atoms with Crippen LogP contribution in [0.1, 0.15) is 13.3 Å². The molecule has 1 fully saturated rings. The van der Waals surface area contributed by atoms with E-state index in [1.54, 1.807) is 6.20 Å². The van der Waals surface area contributed by atoms with Crippen LogP contribution in [0.5, 0.6) is 0 Å². The summed E-state index contributed by atoms with van der Waals surface area (Å²) in [5.74, 6) is 1.03. The highest BCUT2D eigenvalue weighted by molar-refractivity contribution is 6.30. The van der Waals surface area contributed by atoms with Crippen LogP contribution in [-0.2, 0) is 0 Å². The maximum atomic E-state index is 5.83. The van der Waals surface area contributed by atoms with Crippen LogP contribution in [0, 0.1) is 0 Å². The van der Waals surface area contributed by atoms with Crippen molar-refractivity contribution in [3.8, 4) is 0 Å². The third-order valence-corrected chi connectivity index (χ3v) is 2.89. The van der Waals surface area contributed by atoms with Crippen LogP contribution in [0.15, 0.2) is 18.3 Å². The summed E-state index contributed by atoms with van der Waals surface area (Å²) in [6.45, 7) is 5.37. The molecule has 15 heavy (non-hydrogen) atoms. The molecule has 4 heteroatoms. The van der Waals surface area contributed by atoms with Gasteiger partial charge in [-0.05, 0) is 18.6 Å². The van der Waals surface area contributed by atoms with Gasteiger partial charge in [0, 0.05) is 25.8 Å². The molecule has 1 aliphatic rings. The topological polar surface area (TPSA) is 28.2 Å². The van der Waals surface area contributed by atoms with E-state index in [1.165, 1.54) is 0 Å². The molecule has 0 bridgehead atoms. The van der Waals surface area contributed by atoms with Crippen molar-refractivity contribution in [1.82, 2.24) is 10.3 Å². The smallest absolute Gasteiger partial charge is 0.128 e. The van der Waals surface area contributed by atoms with Gasteiger partial charge in [-0.3, -0.25) is 0 Å². The molecule has 1 N–H and O–H groups in total. The van der Waals surface area contributed by atoms with Gasteiger partial charge < -0.3 is 10.2 Å². The van der Waals surface area contributed by atoms with Crippen molar-refractivity contribution < 1.29 is 0 Å². The lowest BCUT2D eigenvalue weighted by Crippen LogP contribution is -2.57. The standard InChI is InChI=1S/C11H16ClN3/c1-2-5-15(10-7-13-8-10)11-4-3-9(12)6-14-11/h3-4,6,10,13H,2,5,7-8H2,1H3. The number of rotatable bonds is 4. The fourth-order valence-electron chi connectivity index (χ4n) is 1.76. The van der Waals surface area contributed by atoms with Gasteiger partial charge in [0.05, 0.1) is 11.1 Å². The summed E-state index contributed by atoms with van der Waals surface area (Å²) in [5, 5.41) is 3.98. The van der Waals surface area contributed by atoms with Crippen LogP contribution >= 0.6 is 11.6 Å². The first-order valence-corrected chi connectivity index (χ1v) is 5.78. The van der Waals surface area contributed by atoms with Gasteiger partial charge in [-0.1, -0.05) is 18.5 Å². The second kappa shape index (κ2) is 4.81. The van der Waals surface area contributed by atoms with Gasteiger partial charge in [0.1, 0.15) is 5.82 Å². The van der Waals surface area contributed by atoms with Crippen molar-refractivity contribution in [2.75, 3.05) is 24.5 Å². The molecule has 3 nitrogen and oxygen atoms in total. The molecular weight excluding hydrogens is 210 g/mol. The van der Waals surface area contributed by atoms with Crippen molar-refractivity contribution >= 4 is 17.4 Å². The fraction of sp³-hybridized carbons (Fsp3) is 0.545. The minimum atomic E-state index is 0.596. The molecular formula is C11H16ClN3. The fourth-order valence-corrected chi connectivity index (χ4v) is 1.87. The molecule has 1 aromatic heterocycles. The first kappa shape index (κ1) is 10.7. The van der Waals surface area contributed by atoms with E-state index >= 15 is 0 Å². The normalized spacial score (nSPS) is 16.1. The Morgan fingerprint density at radius 2 is 2.33 bits per heavy atom. The molecule has 1 saturated heterocycles. The summed E-state index contributed by atoms with van der Waals surface area (Å²) >= 11 is 5.83. The van der Waals surface area contributed by atoms with E-state index in [9.17, 15) is 0 Å². The molecule has 1 aliphatic heterocycles. The highest BCUT2D eigenvalue weighted by atomic mass is 35.5. The number of anilines is 1. The number of hydrogen-bond acceptors (Lipinski definition) is 3. The summed E-state index contributed by atoms with van der Waals surface area (Å²) in [6.07, 6.45) is 2.85. The van der Waals surface area contributed by atoms with Gasteiger partial charge in [-0.2, -0.15) is 0 Å². The Kier molecular flexibility index (Phi) is 3.44. The average molecular weight is 226 g/mol. The van der Waals surface area contributed by atoms with Crippen LogP contribution in [0.4, 0.5) is 5.82 Å². The Bertz CT molecular complexity index is 308. The third-order valence-electron chi connectivity index (χ3n) is 2.67. The maximum absolute atomic E-state index is 5.83. The Morgan fingerprint density at radius 1 is 1.53 bits per heavy atom. The second-order valence-electron chi connectivity index (χ2n) is 3.84. The Hall–Kier alpha value is -0.800. The van der Waals surface area contributed by atoms with Gasteiger partial charge in [-0.25, -0.2) is 4.98 Å². The molecule has 0 unspecified atom stereocenters. The molecule has 82 valence electrons. The van der Waals surface area contributed by atoms with Crippen molar-refractivity contribution in [2.24, 2.45) is 0 Å². The molecule has 0 aromatic carbocycles. The van der Waals surface area contributed by atoms with E-state index in [-0.39, 0.29) is 0 Å². The molecule has 0 radical (unpaired) electrons. The first-order valence-electron chi connectivity index (χ1n) is 5.40. The number of hydrogen-bond donors (Lipinski definition) is 1. The van der Waals surface area contributed by atoms with Crippen LogP contribution in [0.25, 0.3) is 0 Å². The van der Waals surface area contributed by atoms with Gasteiger partial charge in [0.25, 0.3) is 0 Å². The highest BCUT2D eigenvalue weighted by Crippen LogP contribution is 2.18. The molecule has 0 atom stereocenters. The predicted octanol–water partition coefficient (Wildman–Crippen LogP) is 1.92. The SMILES string of the molecule is CCCN(c1ccc(Cl)cn1)C1CNC1. The monoisotopic (exact) mass is 225 g/mol.